The number of pyridine rings is 1. The first-order valence-corrected chi connectivity index (χ1v) is 8.31. The molecule has 0 saturated heterocycles. The van der Waals surface area contributed by atoms with Crippen LogP contribution in [0.3, 0.4) is 0 Å². The number of aromatic nitrogens is 1. The summed E-state index contributed by atoms with van der Waals surface area (Å²) in [6.07, 6.45) is 3.32. The molecule has 0 aliphatic carbocycles. The minimum atomic E-state index is -0.208. The molecule has 1 aromatic heterocycles. The molecule has 0 aliphatic rings. The van der Waals surface area contributed by atoms with Gasteiger partial charge in [-0.3, -0.25) is 9.78 Å². The lowest BCUT2D eigenvalue weighted by molar-refractivity contribution is 0.102. The fourth-order valence-electron chi connectivity index (χ4n) is 2.61. The minimum absolute atomic E-state index is 0.208. The van der Waals surface area contributed by atoms with Crippen LogP contribution >= 0.6 is 0 Å². The maximum atomic E-state index is 12.5. The molecule has 1 heterocycles. The second kappa shape index (κ2) is 8.16. The number of amides is 1. The van der Waals surface area contributed by atoms with Gasteiger partial charge in [0.2, 0.25) is 0 Å². The molecule has 1 N–H and O–H groups in total. The molecule has 0 atom stereocenters. The molecule has 2 aromatic carbocycles. The van der Waals surface area contributed by atoms with Crippen LogP contribution in [0.25, 0.3) is 0 Å². The summed E-state index contributed by atoms with van der Waals surface area (Å²) >= 11 is 0. The molecule has 0 spiro atoms. The summed E-state index contributed by atoms with van der Waals surface area (Å²) in [6, 6.07) is 19.3. The van der Waals surface area contributed by atoms with Gasteiger partial charge in [-0.05, 0) is 23.8 Å². The maximum Gasteiger partial charge on any atom is 0.257 e. The lowest BCUT2D eigenvalue weighted by Gasteiger charge is -2.19. The second-order valence-electron chi connectivity index (χ2n) is 5.96. The van der Waals surface area contributed by atoms with Gasteiger partial charge in [0.05, 0.1) is 24.6 Å². The summed E-state index contributed by atoms with van der Waals surface area (Å²) in [6.45, 7) is 0.740. The second-order valence-corrected chi connectivity index (χ2v) is 5.96. The van der Waals surface area contributed by atoms with Crippen LogP contribution in [-0.4, -0.2) is 25.0 Å². The van der Waals surface area contributed by atoms with Gasteiger partial charge in [0.15, 0.2) is 0 Å². The van der Waals surface area contributed by atoms with E-state index in [2.05, 4.69) is 27.3 Å². The predicted octanol–water partition coefficient (Wildman–Crippen LogP) is 3.98. The van der Waals surface area contributed by atoms with Crippen molar-refractivity contribution in [1.82, 2.24) is 4.98 Å². The summed E-state index contributed by atoms with van der Waals surface area (Å²) in [5, 5.41) is 2.87. The fraction of sp³-hybridized carbons (Fsp3) is 0.143. The van der Waals surface area contributed by atoms with E-state index in [9.17, 15) is 4.79 Å². The van der Waals surface area contributed by atoms with Gasteiger partial charge in [-0.1, -0.05) is 36.4 Å². The van der Waals surface area contributed by atoms with Crippen LogP contribution in [0, 0.1) is 0 Å². The van der Waals surface area contributed by atoms with E-state index in [4.69, 9.17) is 4.74 Å². The number of carbonyl (C=O) groups excluding carboxylic acids is 1. The van der Waals surface area contributed by atoms with Crippen molar-refractivity contribution >= 4 is 17.3 Å². The molecule has 0 unspecified atom stereocenters. The van der Waals surface area contributed by atoms with Crippen molar-refractivity contribution in [2.45, 2.75) is 6.54 Å². The largest absolute Gasteiger partial charge is 0.497 e. The van der Waals surface area contributed by atoms with Gasteiger partial charge in [-0.25, -0.2) is 0 Å². The van der Waals surface area contributed by atoms with Gasteiger partial charge in [-0.2, -0.15) is 0 Å². The Balaban J connectivity index is 1.72. The number of rotatable bonds is 6. The molecule has 5 nitrogen and oxygen atoms in total. The summed E-state index contributed by atoms with van der Waals surface area (Å²) in [5.41, 5.74) is 3.26. The minimum Gasteiger partial charge on any atom is -0.497 e. The van der Waals surface area contributed by atoms with E-state index >= 15 is 0 Å². The van der Waals surface area contributed by atoms with Gasteiger partial charge < -0.3 is 15.0 Å². The molecule has 1 amide bonds. The molecule has 0 radical (unpaired) electrons. The Bertz CT molecular complexity index is 881. The van der Waals surface area contributed by atoms with E-state index < -0.39 is 0 Å². The molecule has 3 rings (SSSR count). The van der Waals surface area contributed by atoms with Gasteiger partial charge in [0, 0.05) is 31.5 Å². The van der Waals surface area contributed by atoms with Crippen molar-refractivity contribution in [3.8, 4) is 5.75 Å². The molecule has 3 aromatic rings. The van der Waals surface area contributed by atoms with E-state index in [1.165, 1.54) is 5.56 Å². The van der Waals surface area contributed by atoms with E-state index in [1.54, 1.807) is 25.6 Å². The highest BCUT2D eigenvalue weighted by atomic mass is 16.5. The molecule has 26 heavy (non-hydrogen) atoms. The van der Waals surface area contributed by atoms with Crippen LogP contribution in [-0.2, 0) is 6.54 Å². The maximum absolute atomic E-state index is 12.5. The Hall–Kier alpha value is -3.34. The number of benzene rings is 2. The number of methoxy groups -OCH3 is 1. The first-order chi connectivity index (χ1) is 12.7. The average Bonchev–Trinajstić information content (AvgIpc) is 2.69. The summed E-state index contributed by atoms with van der Waals surface area (Å²) in [4.78, 5) is 18.8. The average molecular weight is 347 g/mol. The van der Waals surface area contributed by atoms with Crippen molar-refractivity contribution < 1.29 is 9.53 Å². The van der Waals surface area contributed by atoms with E-state index in [0.717, 1.165) is 12.2 Å². The van der Waals surface area contributed by atoms with Crippen LogP contribution in [0.2, 0.25) is 0 Å². The number of ether oxygens (including phenoxy) is 1. The molecule has 5 heteroatoms. The lowest BCUT2D eigenvalue weighted by Crippen LogP contribution is -2.18. The SMILES string of the molecule is COc1cccc(NC(=O)c2cncc(N(C)Cc3ccccc3)c2)c1. The molecule has 0 fully saturated rings. The van der Waals surface area contributed by atoms with Gasteiger partial charge in [-0.15, -0.1) is 0 Å². The Labute approximate surface area is 153 Å². The number of nitrogens with one attached hydrogen (secondary N) is 1. The smallest absolute Gasteiger partial charge is 0.257 e. The summed E-state index contributed by atoms with van der Waals surface area (Å²) in [5.74, 6) is 0.484. The van der Waals surface area contributed by atoms with Crippen molar-refractivity contribution in [3.05, 3.63) is 84.2 Å². The first-order valence-electron chi connectivity index (χ1n) is 8.31. The molecule has 0 bridgehead atoms. The number of hydrogen-bond donors (Lipinski definition) is 1. The van der Waals surface area contributed by atoms with Crippen LogP contribution in [0.4, 0.5) is 11.4 Å². The molecule has 0 saturated carbocycles. The Morgan fingerprint density at radius 3 is 2.65 bits per heavy atom. The van der Waals surface area contributed by atoms with Crippen molar-refractivity contribution in [3.63, 3.8) is 0 Å². The van der Waals surface area contributed by atoms with Crippen molar-refractivity contribution in [2.75, 3.05) is 24.4 Å². The summed E-state index contributed by atoms with van der Waals surface area (Å²) in [7, 11) is 3.57. The van der Waals surface area contributed by atoms with Crippen LogP contribution in [0.5, 0.6) is 5.75 Å². The standard InChI is InChI=1S/C21H21N3O2/c1-24(15-16-7-4-3-5-8-16)19-11-17(13-22-14-19)21(25)23-18-9-6-10-20(12-18)26-2/h3-14H,15H2,1-2H3,(H,23,25). The van der Waals surface area contributed by atoms with Gasteiger partial charge in [0.1, 0.15) is 5.75 Å². The van der Waals surface area contributed by atoms with Crippen LogP contribution in [0.1, 0.15) is 15.9 Å². The molecular weight excluding hydrogens is 326 g/mol. The van der Waals surface area contributed by atoms with Crippen molar-refractivity contribution in [1.29, 1.82) is 0 Å². The Kier molecular flexibility index (Phi) is 5.49. The topological polar surface area (TPSA) is 54.5 Å². The van der Waals surface area contributed by atoms with E-state index in [0.29, 0.717) is 17.0 Å². The lowest BCUT2D eigenvalue weighted by atomic mass is 10.2. The quantitative estimate of drug-likeness (QED) is 0.733. The third-order valence-corrected chi connectivity index (χ3v) is 4.02. The number of anilines is 2. The third-order valence-electron chi connectivity index (χ3n) is 4.02. The van der Waals surface area contributed by atoms with E-state index in [1.807, 2.05) is 49.5 Å². The third kappa shape index (κ3) is 4.39. The van der Waals surface area contributed by atoms with E-state index in [-0.39, 0.29) is 5.91 Å². The first kappa shape index (κ1) is 17.5. The number of nitrogens with zero attached hydrogens (tertiary/aromatic N) is 2. The zero-order valence-corrected chi connectivity index (χ0v) is 14.8. The van der Waals surface area contributed by atoms with Crippen LogP contribution in [0.15, 0.2) is 73.1 Å². The van der Waals surface area contributed by atoms with Crippen molar-refractivity contribution in [2.24, 2.45) is 0 Å². The highest BCUT2D eigenvalue weighted by molar-refractivity contribution is 6.04. The summed E-state index contributed by atoms with van der Waals surface area (Å²) < 4.78 is 5.18. The van der Waals surface area contributed by atoms with Crippen LogP contribution < -0.4 is 15.0 Å². The Morgan fingerprint density at radius 1 is 1.08 bits per heavy atom. The molecule has 132 valence electrons. The highest BCUT2D eigenvalue weighted by Gasteiger charge is 2.10. The zero-order chi connectivity index (χ0) is 18.4. The monoisotopic (exact) mass is 347 g/mol. The zero-order valence-electron chi connectivity index (χ0n) is 14.8. The number of carbonyl (C=O) groups is 1. The highest BCUT2D eigenvalue weighted by Crippen LogP contribution is 2.19. The fourth-order valence-corrected chi connectivity index (χ4v) is 2.61. The Morgan fingerprint density at radius 2 is 1.88 bits per heavy atom. The predicted molar refractivity (Wildman–Crippen MR) is 104 cm³/mol. The number of hydrogen-bond acceptors (Lipinski definition) is 4. The normalized spacial score (nSPS) is 10.2. The molecule has 0 aliphatic heterocycles. The molecular formula is C21H21N3O2. The van der Waals surface area contributed by atoms with Gasteiger partial charge in [0.25, 0.3) is 5.91 Å². The van der Waals surface area contributed by atoms with Gasteiger partial charge >= 0.3 is 0 Å².